The molecular weight excluding hydrogens is 456 g/mol. The molecule has 10 heteroatoms. The van der Waals surface area contributed by atoms with E-state index in [0.29, 0.717) is 6.42 Å². The van der Waals surface area contributed by atoms with Gasteiger partial charge >= 0.3 is 0 Å². The first-order valence-electron chi connectivity index (χ1n) is 11.5. The van der Waals surface area contributed by atoms with Crippen LogP contribution in [0.4, 0.5) is 0 Å². The van der Waals surface area contributed by atoms with Gasteiger partial charge in [-0.15, -0.1) is 0 Å². The highest BCUT2D eigenvalue weighted by Crippen LogP contribution is 2.36. The third-order valence-corrected chi connectivity index (χ3v) is 5.81. The maximum Gasteiger partial charge on any atom is 0.288 e. The Morgan fingerprint density at radius 1 is 1.20 bits per heavy atom. The van der Waals surface area contributed by atoms with Crippen molar-refractivity contribution in [2.24, 2.45) is 0 Å². The zero-order valence-corrected chi connectivity index (χ0v) is 20.6. The Labute approximate surface area is 204 Å². The first kappa shape index (κ1) is 26.8. The van der Waals surface area contributed by atoms with Crippen molar-refractivity contribution in [3.05, 3.63) is 47.9 Å². The van der Waals surface area contributed by atoms with E-state index in [-0.39, 0.29) is 56.5 Å². The van der Waals surface area contributed by atoms with Crippen LogP contribution in [0, 0.1) is 0 Å². The molecule has 1 aliphatic rings. The molecule has 3 rings (SSSR count). The number of hydrogen-bond acceptors (Lipinski definition) is 8. The minimum absolute atomic E-state index is 0.0696. The van der Waals surface area contributed by atoms with Gasteiger partial charge in [0, 0.05) is 52.1 Å². The van der Waals surface area contributed by atoms with Crippen LogP contribution in [0.1, 0.15) is 29.6 Å². The fraction of sp³-hybridized carbons (Fsp3) is 0.520. The van der Waals surface area contributed by atoms with Gasteiger partial charge in [0.1, 0.15) is 0 Å². The van der Waals surface area contributed by atoms with Gasteiger partial charge in [-0.1, -0.05) is 18.2 Å². The van der Waals surface area contributed by atoms with Crippen molar-refractivity contribution < 1.29 is 38.4 Å². The molecule has 0 radical (unpaired) electrons. The molecule has 0 fully saturated rings. The van der Waals surface area contributed by atoms with Crippen molar-refractivity contribution >= 4 is 22.7 Å². The summed E-state index contributed by atoms with van der Waals surface area (Å²) in [6.07, 6.45) is 2.77. The lowest BCUT2D eigenvalue weighted by atomic mass is 9.92. The molecule has 35 heavy (non-hydrogen) atoms. The van der Waals surface area contributed by atoms with Crippen LogP contribution in [0.25, 0.3) is 10.9 Å². The second-order valence-corrected chi connectivity index (χ2v) is 8.20. The summed E-state index contributed by atoms with van der Waals surface area (Å²) in [5.74, 6) is -0.519. The van der Waals surface area contributed by atoms with E-state index < -0.39 is 12.6 Å². The number of carbonyl (C=O) groups excluding carboxylic acids is 2. The molecule has 1 N–H and O–H groups in total. The number of aliphatic hydroxyl groups excluding tert-OH is 1. The number of nitrogens with zero attached hydrogens (tertiary/aromatic N) is 2. The number of hydrogen-bond donors (Lipinski definition) is 1. The van der Waals surface area contributed by atoms with Gasteiger partial charge in [-0.2, -0.15) is 0 Å². The van der Waals surface area contributed by atoms with Crippen molar-refractivity contribution in [2.45, 2.75) is 31.8 Å². The number of benzene rings is 1. The number of rotatable bonds is 12. The number of methoxy groups -OCH3 is 2. The third-order valence-electron chi connectivity index (χ3n) is 5.81. The molecule has 2 atom stereocenters. The lowest BCUT2D eigenvalue weighted by Crippen LogP contribution is -2.39. The Balaban J connectivity index is 1.89. The number of carbonyl (C=O) groups is 2. The number of amides is 1. The quantitative estimate of drug-likeness (QED) is 0.356. The topological polar surface area (TPSA) is 109 Å². The summed E-state index contributed by atoms with van der Waals surface area (Å²) >= 11 is 0. The van der Waals surface area contributed by atoms with Crippen LogP contribution in [0.15, 0.2) is 42.3 Å². The van der Waals surface area contributed by atoms with Gasteiger partial charge in [0.05, 0.1) is 38.5 Å². The van der Waals surface area contributed by atoms with Gasteiger partial charge in [0.2, 0.25) is 12.2 Å². The summed E-state index contributed by atoms with van der Waals surface area (Å²) in [5, 5.41) is 9.79. The van der Waals surface area contributed by atoms with E-state index in [9.17, 15) is 9.59 Å². The minimum Gasteiger partial charge on any atom is -0.459 e. The van der Waals surface area contributed by atoms with Gasteiger partial charge in [-0.3, -0.25) is 14.2 Å². The van der Waals surface area contributed by atoms with E-state index in [2.05, 4.69) is 0 Å². The number of likely N-dealkylation sites (N-methyl/N-ethyl adjacent to an activating group) is 1. The molecule has 2 heterocycles. The zero-order valence-electron chi connectivity index (χ0n) is 20.6. The molecule has 1 aromatic heterocycles. The molecule has 0 spiro atoms. The molecule has 0 aliphatic carbocycles. The second-order valence-electron chi connectivity index (χ2n) is 8.20. The second kappa shape index (κ2) is 12.8. The number of aliphatic hydroxyl groups is 1. The Kier molecular flexibility index (Phi) is 9.82. The van der Waals surface area contributed by atoms with Crippen LogP contribution in [0.5, 0.6) is 0 Å². The normalized spacial score (nSPS) is 17.9. The predicted octanol–water partition coefficient (Wildman–Crippen LogP) is 2.12. The summed E-state index contributed by atoms with van der Waals surface area (Å²) in [5.41, 5.74) is 1.71. The molecule has 192 valence electrons. The van der Waals surface area contributed by atoms with Crippen LogP contribution in [-0.4, -0.2) is 93.2 Å². The molecule has 10 nitrogen and oxygen atoms in total. The Bertz CT molecular complexity index is 1030. The van der Waals surface area contributed by atoms with Crippen LogP contribution in [0.3, 0.4) is 0 Å². The number of allylic oxidation sites excluding steroid dienone is 1. The average Bonchev–Trinajstić information content (AvgIpc) is 3.26. The standard InChI is InChI=1S/C25H34N2O8/c1-17(29)27-15-20(19-7-5-6-8-21(19)27)18-13-22(25(30)26(2)16-24(31-3)32-4)35-23(14-18)34-12-11-33-10-9-28/h5-8,13,15,18,23-24,28H,9-12,14,16H2,1-4H3. The molecule has 2 unspecified atom stereocenters. The van der Waals surface area contributed by atoms with E-state index in [0.717, 1.165) is 16.5 Å². The Morgan fingerprint density at radius 3 is 2.63 bits per heavy atom. The summed E-state index contributed by atoms with van der Waals surface area (Å²) in [6.45, 7) is 2.39. The number of aromatic nitrogens is 1. The highest BCUT2D eigenvalue weighted by Gasteiger charge is 2.32. The van der Waals surface area contributed by atoms with E-state index >= 15 is 0 Å². The maximum atomic E-state index is 13.2. The third kappa shape index (κ3) is 6.68. The van der Waals surface area contributed by atoms with Gasteiger partial charge < -0.3 is 33.7 Å². The lowest BCUT2D eigenvalue weighted by molar-refractivity contribution is -0.161. The summed E-state index contributed by atoms with van der Waals surface area (Å²) in [7, 11) is 4.65. The Morgan fingerprint density at radius 2 is 1.94 bits per heavy atom. The van der Waals surface area contributed by atoms with Gasteiger partial charge in [0.15, 0.2) is 12.0 Å². The first-order valence-corrected chi connectivity index (χ1v) is 11.5. The summed E-state index contributed by atoms with van der Waals surface area (Å²) in [6, 6.07) is 7.66. The molecule has 0 saturated carbocycles. The Hall–Kier alpha value is -2.76. The van der Waals surface area contributed by atoms with E-state index in [1.54, 1.807) is 17.7 Å². The largest absolute Gasteiger partial charge is 0.459 e. The van der Waals surface area contributed by atoms with Gasteiger partial charge in [0.25, 0.3) is 5.91 Å². The zero-order chi connectivity index (χ0) is 25.4. The smallest absolute Gasteiger partial charge is 0.288 e. The fourth-order valence-corrected chi connectivity index (χ4v) is 4.03. The van der Waals surface area contributed by atoms with Crippen molar-refractivity contribution in [1.82, 2.24) is 9.47 Å². The van der Waals surface area contributed by atoms with Crippen LogP contribution in [0.2, 0.25) is 0 Å². The summed E-state index contributed by atoms with van der Waals surface area (Å²) < 4.78 is 29.1. The SMILES string of the molecule is COC(CN(C)C(=O)C1=CC(c2cn(C(C)=O)c3ccccc23)CC(OCCOCCO)O1)OC. The van der Waals surface area contributed by atoms with Gasteiger partial charge in [-0.05, 0) is 17.7 Å². The first-order chi connectivity index (χ1) is 16.9. The molecule has 2 aromatic rings. The highest BCUT2D eigenvalue weighted by atomic mass is 16.7. The maximum absolute atomic E-state index is 13.2. The average molecular weight is 491 g/mol. The number of ether oxygens (including phenoxy) is 5. The molecule has 1 aliphatic heterocycles. The number of para-hydroxylation sites is 1. The van der Waals surface area contributed by atoms with Crippen LogP contribution < -0.4 is 0 Å². The van der Waals surface area contributed by atoms with Crippen molar-refractivity contribution in [3.8, 4) is 0 Å². The van der Waals surface area contributed by atoms with Crippen molar-refractivity contribution in [3.63, 3.8) is 0 Å². The van der Waals surface area contributed by atoms with Crippen molar-refractivity contribution in [1.29, 1.82) is 0 Å². The monoisotopic (exact) mass is 490 g/mol. The predicted molar refractivity (Wildman–Crippen MR) is 128 cm³/mol. The van der Waals surface area contributed by atoms with E-state index in [1.807, 2.05) is 30.5 Å². The summed E-state index contributed by atoms with van der Waals surface area (Å²) in [4.78, 5) is 26.9. The molecule has 1 amide bonds. The fourth-order valence-electron chi connectivity index (χ4n) is 4.03. The molecule has 1 aromatic carbocycles. The lowest BCUT2D eigenvalue weighted by Gasteiger charge is -2.31. The van der Waals surface area contributed by atoms with E-state index in [4.69, 9.17) is 28.8 Å². The highest BCUT2D eigenvalue weighted by molar-refractivity contribution is 5.95. The van der Waals surface area contributed by atoms with E-state index in [1.165, 1.54) is 26.0 Å². The van der Waals surface area contributed by atoms with Crippen LogP contribution in [-0.2, 0) is 28.5 Å². The molecule has 0 saturated heterocycles. The van der Waals surface area contributed by atoms with Gasteiger partial charge in [-0.25, -0.2) is 0 Å². The minimum atomic E-state index is -0.699. The van der Waals surface area contributed by atoms with Crippen LogP contribution >= 0.6 is 0 Å². The van der Waals surface area contributed by atoms with Crippen molar-refractivity contribution in [2.75, 3.05) is 54.2 Å². The molecule has 0 bridgehead atoms. The number of fused-ring (bicyclic) bond motifs is 1. The molecular formula is C25H34N2O8.